The summed E-state index contributed by atoms with van der Waals surface area (Å²) in [6.45, 7) is 6.42. The van der Waals surface area contributed by atoms with Gasteiger partial charge in [0.2, 0.25) is 0 Å². The molecule has 3 nitrogen and oxygen atoms in total. The Morgan fingerprint density at radius 3 is 2.44 bits per heavy atom. The number of nitrogens with zero attached hydrogens (tertiary/aromatic N) is 2. The molecule has 2 aromatic rings. The SMILES string of the molecule is Cc1cc(C=Nc2ccc(O)cc2)cn1C(C)C. The van der Waals surface area contributed by atoms with Crippen LogP contribution in [0.3, 0.4) is 0 Å². The summed E-state index contributed by atoms with van der Waals surface area (Å²) >= 11 is 0. The number of aryl methyl sites for hydroxylation is 1. The standard InChI is InChI=1S/C15H18N2O/c1-11(2)17-10-13(8-12(17)3)9-16-14-4-6-15(18)7-5-14/h4-11,18H,1-3H3. The van der Waals surface area contributed by atoms with Gasteiger partial charge in [-0.1, -0.05) is 0 Å². The first-order valence-electron chi connectivity index (χ1n) is 6.08. The molecule has 0 saturated heterocycles. The molecule has 18 heavy (non-hydrogen) atoms. The highest BCUT2D eigenvalue weighted by atomic mass is 16.3. The highest BCUT2D eigenvalue weighted by Crippen LogP contribution is 2.17. The van der Waals surface area contributed by atoms with Gasteiger partial charge in [0.05, 0.1) is 5.69 Å². The van der Waals surface area contributed by atoms with Crippen molar-refractivity contribution in [3.63, 3.8) is 0 Å². The highest BCUT2D eigenvalue weighted by Gasteiger charge is 2.03. The Morgan fingerprint density at radius 1 is 1.22 bits per heavy atom. The first-order chi connectivity index (χ1) is 8.56. The van der Waals surface area contributed by atoms with Gasteiger partial charge in [-0.15, -0.1) is 0 Å². The van der Waals surface area contributed by atoms with E-state index in [-0.39, 0.29) is 5.75 Å². The summed E-state index contributed by atoms with van der Waals surface area (Å²) < 4.78 is 2.22. The van der Waals surface area contributed by atoms with Crippen molar-refractivity contribution in [3.8, 4) is 5.75 Å². The quantitative estimate of drug-likeness (QED) is 0.816. The van der Waals surface area contributed by atoms with Crippen LogP contribution in [0.15, 0.2) is 41.5 Å². The summed E-state index contributed by atoms with van der Waals surface area (Å²) in [6, 6.07) is 9.43. The van der Waals surface area contributed by atoms with Crippen molar-refractivity contribution in [2.45, 2.75) is 26.8 Å². The molecule has 1 N–H and O–H groups in total. The van der Waals surface area contributed by atoms with Crippen molar-refractivity contribution in [2.75, 3.05) is 0 Å². The summed E-state index contributed by atoms with van der Waals surface area (Å²) in [7, 11) is 0. The summed E-state index contributed by atoms with van der Waals surface area (Å²) in [6.07, 6.45) is 3.95. The third-order valence-corrected chi connectivity index (χ3v) is 2.84. The van der Waals surface area contributed by atoms with Crippen LogP contribution in [0.1, 0.15) is 31.1 Å². The molecule has 94 valence electrons. The second-order valence-corrected chi connectivity index (χ2v) is 4.69. The van der Waals surface area contributed by atoms with Gasteiger partial charge in [-0.05, 0) is 51.1 Å². The van der Waals surface area contributed by atoms with Gasteiger partial charge < -0.3 is 9.67 Å². The zero-order valence-electron chi connectivity index (χ0n) is 11.0. The topological polar surface area (TPSA) is 37.5 Å². The molecule has 0 fully saturated rings. The van der Waals surface area contributed by atoms with Gasteiger partial charge in [0.25, 0.3) is 0 Å². The summed E-state index contributed by atoms with van der Waals surface area (Å²) in [5, 5.41) is 9.19. The van der Waals surface area contributed by atoms with Gasteiger partial charge in [-0.3, -0.25) is 4.99 Å². The molecule has 0 bridgehead atoms. The van der Waals surface area contributed by atoms with E-state index in [1.807, 2.05) is 6.21 Å². The Morgan fingerprint density at radius 2 is 1.89 bits per heavy atom. The molecule has 0 amide bonds. The second-order valence-electron chi connectivity index (χ2n) is 4.69. The zero-order valence-corrected chi connectivity index (χ0v) is 11.0. The molecule has 3 heteroatoms. The average molecular weight is 242 g/mol. The molecular weight excluding hydrogens is 224 g/mol. The molecule has 1 aromatic carbocycles. The molecular formula is C15H18N2O. The third kappa shape index (κ3) is 2.80. The number of hydrogen-bond acceptors (Lipinski definition) is 2. The molecule has 0 unspecified atom stereocenters. The molecule has 0 spiro atoms. The van der Waals surface area contributed by atoms with Crippen LogP contribution in [-0.4, -0.2) is 15.9 Å². The number of phenolic OH excluding ortho intramolecular Hbond substituents is 1. The lowest BCUT2D eigenvalue weighted by Gasteiger charge is -2.08. The van der Waals surface area contributed by atoms with E-state index in [0.29, 0.717) is 6.04 Å². The van der Waals surface area contributed by atoms with Gasteiger partial charge in [0.1, 0.15) is 5.75 Å². The minimum atomic E-state index is 0.260. The van der Waals surface area contributed by atoms with Crippen molar-refractivity contribution in [1.82, 2.24) is 4.57 Å². The van der Waals surface area contributed by atoms with Gasteiger partial charge in [-0.25, -0.2) is 0 Å². The van der Waals surface area contributed by atoms with Crippen LogP contribution in [0.5, 0.6) is 5.75 Å². The maximum atomic E-state index is 9.19. The Bertz CT molecular complexity index is 550. The fourth-order valence-corrected chi connectivity index (χ4v) is 1.93. The van der Waals surface area contributed by atoms with Crippen molar-refractivity contribution in [2.24, 2.45) is 4.99 Å². The third-order valence-electron chi connectivity index (χ3n) is 2.84. The van der Waals surface area contributed by atoms with Crippen molar-refractivity contribution >= 4 is 11.9 Å². The van der Waals surface area contributed by atoms with Crippen molar-refractivity contribution < 1.29 is 5.11 Å². The second kappa shape index (κ2) is 5.08. The zero-order chi connectivity index (χ0) is 13.1. The normalized spacial score (nSPS) is 11.6. The first kappa shape index (κ1) is 12.4. The number of rotatable bonds is 3. The fraction of sp³-hybridized carbons (Fsp3) is 0.267. The minimum absolute atomic E-state index is 0.260. The number of hydrogen-bond donors (Lipinski definition) is 1. The van der Waals surface area contributed by atoms with Crippen LogP contribution < -0.4 is 0 Å². The summed E-state index contributed by atoms with van der Waals surface area (Å²) in [4.78, 5) is 4.38. The lowest BCUT2D eigenvalue weighted by molar-refractivity contribution is 0.475. The minimum Gasteiger partial charge on any atom is -0.508 e. The van der Waals surface area contributed by atoms with Crippen LogP contribution in [0.4, 0.5) is 5.69 Å². The number of benzene rings is 1. The van der Waals surface area contributed by atoms with Crippen LogP contribution in [0, 0.1) is 6.92 Å². The maximum Gasteiger partial charge on any atom is 0.115 e. The van der Waals surface area contributed by atoms with E-state index in [1.165, 1.54) is 5.69 Å². The Hall–Kier alpha value is -2.03. The molecule has 0 aliphatic carbocycles. The largest absolute Gasteiger partial charge is 0.508 e. The van der Waals surface area contributed by atoms with Gasteiger partial charge in [0, 0.05) is 29.7 Å². The molecule has 0 radical (unpaired) electrons. The molecule has 0 saturated carbocycles. The number of aliphatic imine (C=N–C) groups is 1. The smallest absolute Gasteiger partial charge is 0.115 e. The van der Waals surface area contributed by atoms with E-state index in [9.17, 15) is 5.11 Å². The van der Waals surface area contributed by atoms with E-state index in [1.54, 1.807) is 24.3 Å². The van der Waals surface area contributed by atoms with Crippen LogP contribution in [-0.2, 0) is 0 Å². The van der Waals surface area contributed by atoms with Gasteiger partial charge >= 0.3 is 0 Å². The van der Waals surface area contributed by atoms with E-state index in [4.69, 9.17) is 0 Å². The van der Waals surface area contributed by atoms with E-state index < -0.39 is 0 Å². The van der Waals surface area contributed by atoms with Crippen LogP contribution in [0.2, 0.25) is 0 Å². The maximum absolute atomic E-state index is 9.19. The Labute approximate surface area is 107 Å². The highest BCUT2D eigenvalue weighted by molar-refractivity contribution is 5.82. The first-order valence-corrected chi connectivity index (χ1v) is 6.08. The number of aromatic hydroxyl groups is 1. The monoisotopic (exact) mass is 242 g/mol. The molecule has 1 aromatic heterocycles. The number of aromatic nitrogens is 1. The molecule has 0 aliphatic rings. The molecule has 1 heterocycles. The van der Waals surface area contributed by atoms with Gasteiger partial charge in [0.15, 0.2) is 0 Å². The number of phenols is 1. The predicted octanol–water partition coefficient (Wildman–Crippen LogP) is 3.83. The van der Waals surface area contributed by atoms with Crippen molar-refractivity contribution in [1.29, 1.82) is 0 Å². The summed E-state index contributed by atoms with van der Waals surface area (Å²) in [5.41, 5.74) is 3.16. The summed E-state index contributed by atoms with van der Waals surface area (Å²) in [5.74, 6) is 0.260. The van der Waals surface area contributed by atoms with Gasteiger partial charge in [-0.2, -0.15) is 0 Å². The molecule has 0 aliphatic heterocycles. The Balaban J connectivity index is 2.18. The van der Waals surface area contributed by atoms with E-state index in [0.717, 1.165) is 11.3 Å². The van der Waals surface area contributed by atoms with E-state index in [2.05, 4.69) is 42.6 Å². The lowest BCUT2D eigenvalue weighted by Crippen LogP contribution is -2.00. The van der Waals surface area contributed by atoms with Crippen molar-refractivity contribution in [3.05, 3.63) is 47.8 Å². The predicted molar refractivity (Wildman–Crippen MR) is 74.9 cm³/mol. The molecule has 0 atom stereocenters. The lowest BCUT2D eigenvalue weighted by atomic mass is 10.3. The van der Waals surface area contributed by atoms with Crippen LogP contribution >= 0.6 is 0 Å². The fourth-order valence-electron chi connectivity index (χ4n) is 1.93. The average Bonchev–Trinajstić information content (AvgIpc) is 2.70. The van der Waals surface area contributed by atoms with Crippen LogP contribution in [0.25, 0.3) is 0 Å². The van der Waals surface area contributed by atoms with E-state index >= 15 is 0 Å². The molecule has 2 rings (SSSR count). The Kier molecular flexibility index (Phi) is 3.51.